The molecule has 0 radical (unpaired) electrons. The molecule has 0 spiro atoms. The smallest absolute Gasteiger partial charge is 0.319 e. The number of nitrogens with one attached hydrogen (secondary N) is 2. The van der Waals surface area contributed by atoms with Crippen molar-refractivity contribution in [3.8, 4) is 0 Å². The van der Waals surface area contributed by atoms with Gasteiger partial charge in [0, 0.05) is 18.9 Å². The number of hydrogen-bond acceptors (Lipinski definition) is 2. The molecular weight excluding hydrogens is 348 g/mol. The highest BCUT2D eigenvalue weighted by Crippen LogP contribution is 2.16. The van der Waals surface area contributed by atoms with Crippen molar-refractivity contribution in [2.24, 2.45) is 10.9 Å². The Balaban J connectivity index is 2.04. The largest absolute Gasteiger partial charge is 0.357 e. The number of benzene rings is 1. The summed E-state index contributed by atoms with van der Waals surface area (Å²) in [6.45, 7) is 6.55. The lowest BCUT2D eigenvalue weighted by atomic mass is 10.00. The maximum atomic E-state index is 12.9. The number of nitrogens with zero attached hydrogens (tertiary/aromatic N) is 3. The van der Waals surface area contributed by atoms with Gasteiger partial charge in [0.1, 0.15) is 12.4 Å². The summed E-state index contributed by atoms with van der Waals surface area (Å²) in [4.78, 5) is 8.36. The van der Waals surface area contributed by atoms with Gasteiger partial charge in [0.25, 0.3) is 0 Å². The van der Waals surface area contributed by atoms with Crippen molar-refractivity contribution >= 4 is 5.96 Å². The van der Waals surface area contributed by atoms with Gasteiger partial charge in [0.05, 0.1) is 6.04 Å². The summed E-state index contributed by atoms with van der Waals surface area (Å²) in [6.07, 6.45) is 3.68. The molecule has 0 saturated heterocycles. The summed E-state index contributed by atoms with van der Waals surface area (Å²) in [7, 11) is 0. The molecule has 1 aromatic heterocycles. The van der Waals surface area contributed by atoms with E-state index in [2.05, 4.69) is 58.7 Å². The number of aromatic nitrogens is 2. The van der Waals surface area contributed by atoms with E-state index in [0.717, 1.165) is 16.6 Å². The molecule has 0 saturated carbocycles. The maximum Gasteiger partial charge on any atom is 0.319 e. The van der Waals surface area contributed by atoms with E-state index in [1.54, 1.807) is 0 Å². The molecule has 2 aromatic rings. The summed E-state index contributed by atoms with van der Waals surface area (Å²) in [5.41, 5.74) is 2.46. The van der Waals surface area contributed by atoms with Crippen LogP contribution in [0.1, 0.15) is 57.2 Å². The second-order valence-corrected chi connectivity index (χ2v) is 6.93. The van der Waals surface area contributed by atoms with Crippen LogP contribution >= 0.6 is 0 Å². The Bertz CT molecular complexity index is 722. The molecule has 1 heterocycles. The Kier molecular flexibility index (Phi) is 7.76. The van der Waals surface area contributed by atoms with E-state index in [4.69, 9.17) is 0 Å². The van der Waals surface area contributed by atoms with Crippen LogP contribution in [0.15, 0.2) is 41.7 Å². The molecule has 0 aliphatic carbocycles. The summed E-state index contributed by atoms with van der Waals surface area (Å²) in [5, 5.41) is 6.47. The average molecular weight is 377 g/mol. The fourth-order valence-electron chi connectivity index (χ4n) is 2.82. The van der Waals surface area contributed by atoms with Gasteiger partial charge in [-0.05, 0) is 37.3 Å². The van der Waals surface area contributed by atoms with E-state index < -0.39 is 6.55 Å². The minimum Gasteiger partial charge on any atom is -0.357 e. The van der Waals surface area contributed by atoms with Gasteiger partial charge < -0.3 is 10.6 Å². The van der Waals surface area contributed by atoms with E-state index in [1.807, 2.05) is 13.8 Å². The molecule has 0 aliphatic rings. The van der Waals surface area contributed by atoms with Gasteiger partial charge in [-0.25, -0.2) is 9.98 Å². The van der Waals surface area contributed by atoms with Gasteiger partial charge in [-0.1, -0.05) is 38.1 Å². The molecule has 148 valence electrons. The topological polar surface area (TPSA) is 54.2 Å². The van der Waals surface area contributed by atoms with Crippen LogP contribution in [0.5, 0.6) is 0 Å². The molecule has 0 amide bonds. The molecule has 27 heavy (non-hydrogen) atoms. The minimum absolute atomic E-state index is 0.0331. The molecule has 0 bridgehead atoms. The number of alkyl halides is 2. The van der Waals surface area contributed by atoms with Crippen LogP contribution < -0.4 is 10.6 Å². The number of hydrogen-bond donors (Lipinski definition) is 2. The lowest BCUT2D eigenvalue weighted by Crippen LogP contribution is -2.38. The number of halogens is 2. The lowest BCUT2D eigenvalue weighted by molar-refractivity contribution is 0.0671. The van der Waals surface area contributed by atoms with Gasteiger partial charge in [0.2, 0.25) is 0 Å². The maximum absolute atomic E-state index is 12.9. The number of guanidine groups is 1. The predicted octanol–water partition coefficient (Wildman–Crippen LogP) is 4.29. The highest BCUT2D eigenvalue weighted by atomic mass is 19.3. The fourth-order valence-corrected chi connectivity index (χ4v) is 2.82. The standard InChI is InChI=1S/C20H29F2N5/c1-5-23-20(25-13-18-24-10-11-27(18)19(21)22)26-15(4)17-8-6-16(7-9-17)12-14(2)3/h6-11,14-15,19H,5,12-13H2,1-4H3,(H2,23,25,26). The minimum atomic E-state index is -2.61. The zero-order valence-corrected chi connectivity index (χ0v) is 16.4. The first kappa shape index (κ1) is 20.9. The van der Waals surface area contributed by atoms with Crippen LogP contribution in [-0.2, 0) is 13.0 Å². The Morgan fingerprint density at radius 2 is 1.89 bits per heavy atom. The number of rotatable bonds is 8. The molecule has 1 aromatic carbocycles. The van der Waals surface area contributed by atoms with E-state index >= 15 is 0 Å². The molecule has 0 aliphatic heterocycles. The van der Waals surface area contributed by atoms with Crippen LogP contribution in [0.3, 0.4) is 0 Å². The summed E-state index contributed by atoms with van der Waals surface area (Å²) >= 11 is 0. The monoisotopic (exact) mass is 377 g/mol. The van der Waals surface area contributed by atoms with Crippen LogP contribution in [0.4, 0.5) is 8.78 Å². The normalized spacial score (nSPS) is 13.3. The lowest BCUT2D eigenvalue weighted by Gasteiger charge is -2.19. The van der Waals surface area contributed by atoms with Crippen LogP contribution in [0.2, 0.25) is 0 Å². The first-order valence-electron chi connectivity index (χ1n) is 9.34. The Morgan fingerprint density at radius 3 is 2.48 bits per heavy atom. The molecule has 1 atom stereocenters. The number of imidazole rings is 1. The van der Waals surface area contributed by atoms with Gasteiger partial charge in [0.15, 0.2) is 5.96 Å². The second kappa shape index (κ2) is 10.0. The van der Waals surface area contributed by atoms with E-state index in [9.17, 15) is 8.78 Å². The Morgan fingerprint density at radius 1 is 1.19 bits per heavy atom. The third-order valence-electron chi connectivity index (χ3n) is 4.16. The zero-order valence-electron chi connectivity index (χ0n) is 16.4. The Labute approximate surface area is 159 Å². The van der Waals surface area contributed by atoms with E-state index in [-0.39, 0.29) is 18.4 Å². The van der Waals surface area contributed by atoms with Crippen molar-refractivity contribution in [3.63, 3.8) is 0 Å². The van der Waals surface area contributed by atoms with Crippen molar-refractivity contribution < 1.29 is 8.78 Å². The predicted molar refractivity (Wildman–Crippen MR) is 105 cm³/mol. The van der Waals surface area contributed by atoms with Crippen molar-refractivity contribution in [1.29, 1.82) is 0 Å². The number of aliphatic imine (C=N–C) groups is 1. The van der Waals surface area contributed by atoms with E-state index in [1.165, 1.54) is 18.0 Å². The van der Waals surface area contributed by atoms with Gasteiger partial charge >= 0.3 is 6.55 Å². The van der Waals surface area contributed by atoms with Gasteiger partial charge in [-0.3, -0.25) is 4.57 Å². The molecule has 1 unspecified atom stereocenters. The fraction of sp³-hybridized carbons (Fsp3) is 0.500. The SMILES string of the molecule is CCNC(=NCc1nccn1C(F)F)NC(C)c1ccc(CC(C)C)cc1. The molecular formula is C20H29F2N5. The summed E-state index contributed by atoms with van der Waals surface area (Å²) in [6, 6.07) is 8.56. The van der Waals surface area contributed by atoms with E-state index in [0.29, 0.717) is 18.4 Å². The summed E-state index contributed by atoms with van der Waals surface area (Å²) < 4.78 is 26.7. The first-order chi connectivity index (χ1) is 12.9. The van der Waals surface area contributed by atoms with Gasteiger partial charge in [-0.15, -0.1) is 0 Å². The van der Waals surface area contributed by atoms with Gasteiger partial charge in [-0.2, -0.15) is 8.78 Å². The average Bonchev–Trinajstić information content (AvgIpc) is 3.09. The zero-order chi connectivity index (χ0) is 19.8. The third kappa shape index (κ3) is 6.34. The van der Waals surface area contributed by atoms with Crippen molar-refractivity contribution in [1.82, 2.24) is 20.2 Å². The van der Waals surface area contributed by atoms with Crippen LogP contribution in [0.25, 0.3) is 0 Å². The van der Waals surface area contributed by atoms with Crippen LogP contribution in [-0.4, -0.2) is 22.1 Å². The molecule has 2 N–H and O–H groups in total. The van der Waals surface area contributed by atoms with Crippen molar-refractivity contribution in [3.05, 3.63) is 53.6 Å². The quantitative estimate of drug-likeness (QED) is 0.533. The molecule has 7 heteroatoms. The Hall–Kier alpha value is -2.44. The van der Waals surface area contributed by atoms with Crippen molar-refractivity contribution in [2.45, 2.75) is 53.3 Å². The van der Waals surface area contributed by atoms with Crippen LogP contribution in [0, 0.1) is 5.92 Å². The highest BCUT2D eigenvalue weighted by molar-refractivity contribution is 5.80. The molecule has 0 fully saturated rings. The third-order valence-corrected chi connectivity index (χ3v) is 4.16. The highest BCUT2D eigenvalue weighted by Gasteiger charge is 2.12. The molecule has 2 rings (SSSR count). The van der Waals surface area contributed by atoms with Crippen molar-refractivity contribution in [2.75, 3.05) is 6.54 Å². The second-order valence-electron chi connectivity index (χ2n) is 6.93. The first-order valence-corrected chi connectivity index (χ1v) is 9.34. The summed E-state index contributed by atoms with van der Waals surface area (Å²) in [5.74, 6) is 1.42. The molecule has 5 nitrogen and oxygen atoms in total.